The maximum Gasteiger partial charge on any atom is 0.314 e. The van der Waals surface area contributed by atoms with Crippen LogP contribution in [0.4, 0.5) is 11.4 Å². The highest BCUT2D eigenvalue weighted by Gasteiger charge is 2.49. The van der Waals surface area contributed by atoms with Crippen molar-refractivity contribution < 1.29 is 48.3 Å². The van der Waals surface area contributed by atoms with Crippen molar-refractivity contribution >= 4 is 47.0 Å². The Morgan fingerprint density at radius 1 is 0.551 bits per heavy atom. The molecule has 4 aromatic carbocycles. The van der Waals surface area contributed by atoms with Crippen LogP contribution in [0, 0.1) is 17.3 Å². The number of anilines is 2. The topological polar surface area (TPSA) is 198 Å². The van der Waals surface area contributed by atoms with E-state index >= 15 is 0 Å². The van der Waals surface area contributed by atoms with E-state index in [4.69, 9.17) is 30.4 Å². The van der Waals surface area contributed by atoms with Crippen molar-refractivity contribution in [2.75, 3.05) is 24.7 Å². The van der Waals surface area contributed by atoms with Gasteiger partial charge in [0.2, 0.25) is 0 Å². The third-order valence-electron chi connectivity index (χ3n) is 13.4. The van der Waals surface area contributed by atoms with Gasteiger partial charge in [-0.2, -0.15) is 0 Å². The Bertz CT molecular complexity index is 2140. The van der Waals surface area contributed by atoms with E-state index in [-0.39, 0.29) is 48.8 Å². The number of esters is 2. The molecule has 2 aliphatic carbocycles. The molecule has 12 heteroatoms. The quantitative estimate of drug-likeness (QED) is 0.0171. The van der Waals surface area contributed by atoms with Gasteiger partial charge in [-0.15, -0.1) is 0 Å². The first kappa shape index (κ1) is 52.5. The number of ketones is 2. The number of nitrogens with two attached hydrogens (primary N) is 2. The maximum absolute atomic E-state index is 14.2. The highest BCUT2D eigenvalue weighted by molar-refractivity contribution is 6.01. The van der Waals surface area contributed by atoms with E-state index in [9.17, 15) is 29.4 Å². The van der Waals surface area contributed by atoms with Crippen LogP contribution in [0.2, 0.25) is 0 Å². The van der Waals surface area contributed by atoms with Gasteiger partial charge in [-0.3, -0.25) is 19.2 Å². The van der Waals surface area contributed by atoms with Gasteiger partial charge in [0, 0.05) is 30.0 Å². The van der Waals surface area contributed by atoms with Crippen molar-refractivity contribution in [3.8, 4) is 11.5 Å². The van der Waals surface area contributed by atoms with Crippen LogP contribution >= 0.6 is 0 Å². The van der Waals surface area contributed by atoms with Crippen LogP contribution < -0.4 is 20.9 Å². The Balaban J connectivity index is 1.15. The van der Waals surface area contributed by atoms with E-state index in [0.29, 0.717) is 70.8 Å². The van der Waals surface area contributed by atoms with Crippen molar-refractivity contribution in [3.63, 3.8) is 0 Å². The molecular weight excluding hydrogens is 873 g/mol. The average molecular weight is 943 g/mol. The number of aliphatic hydroxyl groups excluding tert-OH is 2. The molecule has 6 rings (SSSR count). The zero-order valence-electron chi connectivity index (χ0n) is 40.1. The molecule has 6 N–H and O–H groups in total. The lowest BCUT2D eigenvalue weighted by molar-refractivity contribution is -0.146. The Hall–Kier alpha value is -5.92. The predicted molar refractivity (Wildman–Crippen MR) is 269 cm³/mol. The molecule has 12 nitrogen and oxygen atoms in total. The van der Waals surface area contributed by atoms with Gasteiger partial charge in [0.25, 0.3) is 0 Å². The van der Waals surface area contributed by atoms with Gasteiger partial charge in [-0.05, 0) is 160 Å². The summed E-state index contributed by atoms with van der Waals surface area (Å²) in [6, 6.07) is 27.0. The second-order valence-corrected chi connectivity index (χ2v) is 18.7. The van der Waals surface area contributed by atoms with E-state index in [1.807, 2.05) is 0 Å². The number of nitrogen functional groups attached to an aromatic ring is 2. The summed E-state index contributed by atoms with van der Waals surface area (Å²) < 4.78 is 23.3. The molecule has 2 saturated carbocycles. The van der Waals surface area contributed by atoms with Crippen LogP contribution in [-0.4, -0.2) is 71.3 Å². The highest BCUT2D eigenvalue weighted by atomic mass is 16.5. The number of hydrogen-bond donors (Lipinski definition) is 4. The number of unbranched alkanes of at least 4 members (excludes halogenated alkanes) is 2. The van der Waals surface area contributed by atoms with Crippen LogP contribution in [0.1, 0.15) is 113 Å². The Kier molecular flexibility index (Phi) is 19.9. The summed E-state index contributed by atoms with van der Waals surface area (Å²) in [4.78, 5) is 54.4. The molecule has 0 heterocycles. The molecule has 0 radical (unpaired) electrons. The molecule has 69 heavy (non-hydrogen) atoms. The molecule has 4 aromatic rings. The van der Waals surface area contributed by atoms with Crippen LogP contribution in [0.5, 0.6) is 11.5 Å². The monoisotopic (exact) mass is 943 g/mol. The lowest BCUT2D eigenvalue weighted by atomic mass is 9.66. The van der Waals surface area contributed by atoms with Crippen LogP contribution in [0.15, 0.2) is 109 Å². The summed E-state index contributed by atoms with van der Waals surface area (Å²) >= 11 is 0. The minimum absolute atomic E-state index is 0.0830. The average Bonchev–Trinajstić information content (AvgIpc) is 3.37. The molecule has 2 atom stereocenters. The van der Waals surface area contributed by atoms with E-state index in [2.05, 4.69) is 13.8 Å². The number of carbonyl (C=O) groups is 4. The highest BCUT2D eigenvalue weighted by Crippen LogP contribution is 2.38. The molecule has 2 fully saturated rings. The lowest BCUT2D eigenvalue weighted by Gasteiger charge is -2.40. The van der Waals surface area contributed by atoms with Crippen molar-refractivity contribution in [2.24, 2.45) is 17.3 Å². The number of benzene rings is 4. The summed E-state index contributed by atoms with van der Waals surface area (Å²) in [7, 11) is 0. The van der Waals surface area contributed by atoms with E-state index < -0.39 is 29.2 Å². The number of ether oxygens (including phenoxy) is 4. The molecule has 2 unspecified atom stereocenters. The van der Waals surface area contributed by atoms with E-state index in [1.165, 1.54) is 24.3 Å². The van der Waals surface area contributed by atoms with E-state index in [1.54, 1.807) is 97.1 Å². The molecule has 0 aromatic heterocycles. The summed E-state index contributed by atoms with van der Waals surface area (Å²) in [5, 5.41) is 24.5. The first-order chi connectivity index (χ1) is 33.3. The Labute approximate surface area is 407 Å². The van der Waals surface area contributed by atoms with Crippen molar-refractivity contribution in [1.82, 2.24) is 0 Å². The molecule has 0 spiro atoms. The first-order valence-corrected chi connectivity index (χ1v) is 24.7. The number of aliphatic hydroxyl groups is 2. The van der Waals surface area contributed by atoms with Crippen LogP contribution in [-0.2, 0) is 41.5 Å². The number of rotatable bonds is 24. The third-order valence-corrected chi connectivity index (χ3v) is 13.4. The maximum atomic E-state index is 14.2. The fraction of sp³-hybridized carbons (Fsp3) is 0.439. The van der Waals surface area contributed by atoms with Gasteiger partial charge in [0.15, 0.2) is 11.6 Å². The zero-order valence-corrected chi connectivity index (χ0v) is 40.1. The molecule has 0 aliphatic heterocycles. The number of hydrogen-bond acceptors (Lipinski definition) is 12. The second-order valence-electron chi connectivity index (χ2n) is 18.7. The van der Waals surface area contributed by atoms with E-state index in [0.717, 1.165) is 64.6 Å². The Morgan fingerprint density at radius 3 is 1.23 bits per heavy atom. The van der Waals surface area contributed by atoms with Gasteiger partial charge >= 0.3 is 11.9 Å². The van der Waals surface area contributed by atoms with Crippen molar-refractivity contribution in [3.05, 3.63) is 131 Å². The van der Waals surface area contributed by atoms with Gasteiger partial charge in [0.1, 0.15) is 23.7 Å². The second kappa shape index (κ2) is 26.2. The molecule has 0 amide bonds. The van der Waals surface area contributed by atoms with Crippen molar-refractivity contribution in [2.45, 2.75) is 128 Å². The molecule has 0 bridgehead atoms. The normalized spacial score (nSPS) is 19.5. The summed E-state index contributed by atoms with van der Waals surface area (Å²) in [6.45, 7) is 5.74. The largest absolute Gasteiger partial charge is 0.426 e. The van der Waals surface area contributed by atoms with Crippen LogP contribution in [0.3, 0.4) is 0 Å². The lowest BCUT2D eigenvalue weighted by Crippen LogP contribution is -2.54. The fourth-order valence-corrected chi connectivity index (χ4v) is 9.15. The predicted octanol–water partition coefficient (Wildman–Crippen LogP) is 9.47. The standard InChI is InChI=1S/C57H70N2O10/c1-3-5-35-66-47-29-17-43(18-30-47)55(64)68-49-25-11-39(12-26-49)15-33-51(60)53(62)57(37-41-7-21-45(58)22-8-41,38-42-9-23-46(59)24-10-42)54(63)52(61)34-16-40-13-27-50(28-14-40)69-56(65)44-19-31-48(32-20-44)67-36-6-4-2/h7-16,21-28,33-34,43-44,47-48,53-54,62-63H,3-6,17-20,29-32,35-38,58-59H2,1-2H3/b33-15+,34-16+. The summed E-state index contributed by atoms with van der Waals surface area (Å²) in [6.07, 6.45) is 12.3. The molecular formula is C57H70N2O10. The fourth-order valence-electron chi connectivity index (χ4n) is 9.15. The van der Waals surface area contributed by atoms with Gasteiger partial charge in [0.05, 0.1) is 24.0 Å². The zero-order chi connectivity index (χ0) is 49.2. The smallest absolute Gasteiger partial charge is 0.314 e. The minimum atomic E-state index is -1.87. The molecule has 0 saturated heterocycles. The first-order valence-electron chi connectivity index (χ1n) is 24.7. The van der Waals surface area contributed by atoms with Gasteiger partial charge in [-0.25, -0.2) is 0 Å². The summed E-state index contributed by atoms with van der Waals surface area (Å²) in [5.41, 5.74) is 13.7. The molecule has 2 aliphatic rings. The minimum Gasteiger partial charge on any atom is -0.426 e. The van der Waals surface area contributed by atoms with Gasteiger partial charge < -0.3 is 40.6 Å². The van der Waals surface area contributed by atoms with Gasteiger partial charge in [-0.1, -0.05) is 87.4 Å². The van der Waals surface area contributed by atoms with Crippen molar-refractivity contribution in [1.29, 1.82) is 0 Å². The van der Waals surface area contributed by atoms with Crippen LogP contribution in [0.25, 0.3) is 12.2 Å². The third kappa shape index (κ3) is 15.5. The SMILES string of the molecule is CCCCOC1CCC(C(=O)Oc2ccc(/C=C/C(=O)C(O)C(Cc3ccc(N)cc3)(Cc3ccc(N)cc3)C(O)C(=O)/C=C/c3ccc(OC(=O)C4CCC(OCCCC)CC4)cc3)cc2)CC1. The Morgan fingerprint density at radius 2 is 0.899 bits per heavy atom. The number of carbonyl (C=O) groups excluding carboxylic acids is 4. The molecule has 368 valence electrons. The summed E-state index contributed by atoms with van der Waals surface area (Å²) in [5.74, 6) is -1.68.